The van der Waals surface area contributed by atoms with Crippen molar-refractivity contribution in [2.75, 3.05) is 18.5 Å². The average Bonchev–Trinajstić information content (AvgIpc) is 2.55. The second-order valence-electron chi connectivity index (χ2n) is 4.82. The van der Waals surface area contributed by atoms with Crippen LogP contribution in [-0.4, -0.2) is 19.1 Å². The van der Waals surface area contributed by atoms with E-state index in [1.807, 2.05) is 24.3 Å². The van der Waals surface area contributed by atoms with Crippen molar-refractivity contribution in [3.8, 4) is 11.5 Å². The highest BCUT2D eigenvalue weighted by atomic mass is 79.9. The number of amides is 1. The SMILES string of the molecule is O=C(/C=C/c1ccccc1Br)Nc1cc2c(cc1Cl)OCCO2. The summed E-state index contributed by atoms with van der Waals surface area (Å²) in [4.78, 5) is 12.1. The van der Waals surface area contributed by atoms with Crippen LogP contribution in [0.3, 0.4) is 0 Å². The van der Waals surface area contributed by atoms with Crippen molar-refractivity contribution in [2.24, 2.45) is 0 Å². The van der Waals surface area contributed by atoms with Crippen molar-refractivity contribution in [3.63, 3.8) is 0 Å². The second-order valence-corrected chi connectivity index (χ2v) is 6.08. The van der Waals surface area contributed by atoms with Gasteiger partial charge in [-0.25, -0.2) is 0 Å². The number of nitrogens with one attached hydrogen (secondary N) is 1. The first kappa shape index (κ1) is 15.9. The number of carbonyl (C=O) groups excluding carboxylic acids is 1. The molecular weight excluding hydrogens is 382 g/mol. The summed E-state index contributed by atoms with van der Waals surface area (Å²) in [5.74, 6) is 0.882. The van der Waals surface area contributed by atoms with Gasteiger partial charge in [0.2, 0.25) is 5.91 Å². The van der Waals surface area contributed by atoms with Gasteiger partial charge in [-0.05, 0) is 17.7 Å². The van der Waals surface area contributed by atoms with E-state index in [9.17, 15) is 4.79 Å². The molecule has 0 bridgehead atoms. The molecule has 1 heterocycles. The highest BCUT2D eigenvalue weighted by Crippen LogP contribution is 2.37. The number of hydrogen-bond donors (Lipinski definition) is 1. The Labute approximate surface area is 147 Å². The topological polar surface area (TPSA) is 47.6 Å². The molecule has 118 valence electrons. The van der Waals surface area contributed by atoms with E-state index in [1.165, 1.54) is 6.08 Å². The lowest BCUT2D eigenvalue weighted by molar-refractivity contribution is -0.111. The maximum absolute atomic E-state index is 12.1. The van der Waals surface area contributed by atoms with Crippen LogP contribution in [0.1, 0.15) is 5.56 Å². The molecule has 2 aromatic rings. The summed E-state index contributed by atoms with van der Waals surface area (Å²) in [6.45, 7) is 0.966. The smallest absolute Gasteiger partial charge is 0.248 e. The van der Waals surface area contributed by atoms with Crippen molar-refractivity contribution in [3.05, 3.63) is 57.5 Å². The maximum Gasteiger partial charge on any atom is 0.248 e. The van der Waals surface area contributed by atoms with E-state index in [-0.39, 0.29) is 5.91 Å². The highest BCUT2D eigenvalue weighted by Gasteiger charge is 2.15. The number of fused-ring (bicyclic) bond motifs is 1. The molecule has 0 unspecified atom stereocenters. The van der Waals surface area contributed by atoms with Crippen LogP contribution in [0.25, 0.3) is 6.08 Å². The predicted octanol–water partition coefficient (Wildman–Crippen LogP) is 4.53. The van der Waals surface area contributed by atoms with Crippen molar-refractivity contribution < 1.29 is 14.3 Å². The first-order valence-electron chi connectivity index (χ1n) is 6.96. The molecule has 1 aliphatic heterocycles. The third-order valence-corrected chi connectivity index (χ3v) is 4.24. The number of benzene rings is 2. The average molecular weight is 395 g/mol. The molecule has 1 aliphatic rings. The lowest BCUT2D eigenvalue weighted by Gasteiger charge is -2.19. The minimum atomic E-state index is -0.278. The van der Waals surface area contributed by atoms with Crippen LogP contribution in [0.15, 0.2) is 46.9 Å². The fourth-order valence-corrected chi connectivity index (χ4v) is 2.73. The fourth-order valence-electron chi connectivity index (χ4n) is 2.11. The summed E-state index contributed by atoms with van der Waals surface area (Å²) in [6, 6.07) is 10.9. The Morgan fingerprint density at radius 3 is 2.61 bits per heavy atom. The molecule has 0 saturated heterocycles. The van der Waals surface area contributed by atoms with Gasteiger partial charge in [0.25, 0.3) is 0 Å². The molecule has 2 aromatic carbocycles. The Kier molecular flexibility index (Phi) is 4.88. The Morgan fingerprint density at radius 1 is 1.17 bits per heavy atom. The third kappa shape index (κ3) is 3.86. The molecule has 0 aliphatic carbocycles. The molecule has 0 aromatic heterocycles. The van der Waals surface area contributed by atoms with Crippen LogP contribution in [0, 0.1) is 0 Å². The van der Waals surface area contributed by atoms with Gasteiger partial charge >= 0.3 is 0 Å². The summed E-state index contributed by atoms with van der Waals surface area (Å²) in [5, 5.41) is 3.14. The fraction of sp³-hybridized carbons (Fsp3) is 0.118. The number of carbonyl (C=O) groups is 1. The Bertz CT molecular complexity index is 776. The summed E-state index contributed by atoms with van der Waals surface area (Å²) >= 11 is 9.60. The molecule has 1 N–H and O–H groups in total. The molecular formula is C17H13BrClNO3. The van der Waals surface area contributed by atoms with Gasteiger partial charge in [-0.15, -0.1) is 0 Å². The standard InChI is InChI=1S/C17H13BrClNO3/c18-12-4-2-1-3-11(12)5-6-17(21)20-14-10-16-15(9-13(14)19)22-7-8-23-16/h1-6,9-10H,7-8H2,(H,20,21)/b6-5+. The lowest BCUT2D eigenvalue weighted by Crippen LogP contribution is -2.16. The van der Waals surface area contributed by atoms with Gasteiger partial charge in [-0.2, -0.15) is 0 Å². The van der Waals surface area contributed by atoms with Gasteiger partial charge in [-0.1, -0.05) is 45.7 Å². The van der Waals surface area contributed by atoms with Crippen molar-refractivity contribution in [1.82, 2.24) is 0 Å². The van der Waals surface area contributed by atoms with Crippen LogP contribution >= 0.6 is 27.5 Å². The van der Waals surface area contributed by atoms with Crippen LogP contribution in [-0.2, 0) is 4.79 Å². The number of ether oxygens (including phenoxy) is 2. The molecule has 1 amide bonds. The van der Waals surface area contributed by atoms with Gasteiger partial charge in [0, 0.05) is 22.7 Å². The second kappa shape index (κ2) is 7.06. The Balaban J connectivity index is 1.74. The Morgan fingerprint density at radius 2 is 1.87 bits per heavy atom. The van der Waals surface area contributed by atoms with E-state index in [4.69, 9.17) is 21.1 Å². The largest absolute Gasteiger partial charge is 0.486 e. The van der Waals surface area contributed by atoms with E-state index in [1.54, 1.807) is 18.2 Å². The predicted molar refractivity (Wildman–Crippen MR) is 94.2 cm³/mol. The zero-order valence-electron chi connectivity index (χ0n) is 12.0. The summed E-state index contributed by atoms with van der Waals surface area (Å²) in [5.41, 5.74) is 1.40. The van der Waals surface area contributed by atoms with Crippen molar-refractivity contribution >= 4 is 45.2 Å². The van der Waals surface area contributed by atoms with Crippen LogP contribution < -0.4 is 14.8 Å². The normalized spacial score (nSPS) is 13.1. The number of halogens is 2. The summed E-state index contributed by atoms with van der Waals surface area (Å²) in [7, 11) is 0. The summed E-state index contributed by atoms with van der Waals surface area (Å²) < 4.78 is 11.8. The Hall–Kier alpha value is -1.98. The number of rotatable bonds is 3. The van der Waals surface area contributed by atoms with E-state index in [0.29, 0.717) is 35.4 Å². The van der Waals surface area contributed by atoms with Crippen LogP contribution in [0.2, 0.25) is 5.02 Å². The van der Waals surface area contributed by atoms with Crippen molar-refractivity contribution in [1.29, 1.82) is 0 Å². The van der Waals surface area contributed by atoms with Crippen LogP contribution in [0.5, 0.6) is 11.5 Å². The number of hydrogen-bond acceptors (Lipinski definition) is 3. The highest BCUT2D eigenvalue weighted by molar-refractivity contribution is 9.10. The first-order chi connectivity index (χ1) is 11.1. The first-order valence-corrected chi connectivity index (χ1v) is 8.13. The van der Waals surface area contributed by atoms with E-state index < -0.39 is 0 Å². The molecule has 0 radical (unpaired) electrons. The molecule has 4 nitrogen and oxygen atoms in total. The molecule has 23 heavy (non-hydrogen) atoms. The molecule has 6 heteroatoms. The van der Waals surface area contributed by atoms with Gasteiger partial charge in [-0.3, -0.25) is 4.79 Å². The number of anilines is 1. The molecule has 0 spiro atoms. The zero-order chi connectivity index (χ0) is 16.2. The van der Waals surface area contributed by atoms with Gasteiger partial charge in [0.1, 0.15) is 13.2 Å². The minimum Gasteiger partial charge on any atom is -0.486 e. The molecule has 0 saturated carbocycles. The van der Waals surface area contributed by atoms with Gasteiger partial charge < -0.3 is 14.8 Å². The van der Waals surface area contributed by atoms with Crippen LogP contribution in [0.4, 0.5) is 5.69 Å². The minimum absolute atomic E-state index is 0.278. The maximum atomic E-state index is 12.1. The van der Waals surface area contributed by atoms with Crippen molar-refractivity contribution in [2.45, 2.75) is 0 Å². The molecule has 3 rings (SSSR count). The molecule has 0 fully saturated rings. The zero-order valence-corrected chi connectivity index (χ0v) is 14.4. The van der Waals surface area contributed by atoms with E-state index in [0.717, 1.165) is 10.0 Å². The monoisotopic (exact) mass is 393 g/mol. The van der Waals surface area contributed by atoms with E-state index in [2.05, 4.69) is 21.2 Å². The van der Waals surface area contributed by atoms with Gasteiger partial charge in [0.05, 0.1) is 10.7 Å². The third-order valence-electron chi connectivity index (χ3n) is 3.21. The van der Waals surface area contributed by atoms with Gasteiger partial charge in [0.15, 0.2) is 11.5 Å². The van der Waals surface area contributed by atoms with E-state index >= 15 is 0 Å². The summed E-state index contributed by atoms with van der Waals surface area (Å²) in [6.07, 6.45) is 3.18. The quantitative estimate of drug-likeness (QED) is 0.778. The lowest BCUT2D eigenvalue weighted by atomic mass is 10.2. The molecule has 0 atom stereocenters.